The number of hydrogen-bond donors (Lipinski definition) is 1. The molecule has 17 heavy (non-hydrogen) atoms. The van der Waals surface area contributed by atoms with Crippen molar-refractivity contribution in [2.75, 3.05) is 13.7 Å². The Labute approximate surface area is 105 Å². The second-order valence-corrected chi connectivity index (χ2v) is 4.89. The molecule has 1 unspecified atom stereocenters. The summed E-state index contributed by atoms with van der Waals surface area (Å²) in [4.78, 5) is 0. The van der Waals surface area contributed by atoms with Gasteiger partial charge in [0.1, 0.15) is 5.75 Å². The van der Waals surface area contributed by atoms with Crippen molar-refractivity contribution < 1.29 is 9.84 Å². The monoisotopic (exact) mass is 236 g/mol. The van der Waals surface area contributed by atoms with Crippen LogP contribution in [0.5, 0.6) is 5.75 Å². The Morgan fingerprint density at radius 1 is 1.29 bits per heavy atom. The lowest BCUT2D eigenvalue weighted by atomic mass is 9.93. The van der Waals surface area contributed by atoms with Crippen LogP contribution in [-0.4, -0.2) is 18.8 Å². The molecule has 2 nitrogen and oxygen atoms in total. The van der Waals surface area contributed by atoms with E-state index in [1.807, 2.05) is 6.07 Å². The number of hydrogen-bond acceptors (Lipinski definition) is 2. The number of ether oxygens (including phenoxy) is 1. The zero-order valence-electron chi connectivity index (χ0n) is 11.4. The second kappa shape index (κ2) is 6.65. The van der Waals surface area contributed by atoms with E-state index in [1.54, 1.807) is 7.11 Å². The smallest absolute Gasteiger partial charge is 0.122 e. The van der Waals surface area contributed by atoms with Crippen molar-refractivity contribution in [3.8, 4) is 5.75 Å². The molecule has 1 aromatic rings. The molecule has 0 aliphatic rings. The highest BCUT2D eigenvalue weighted by atomic mass is 16.5. The molecular weight excluding hydrogens is 212 g/mol. The van der Waals surface area contributed by atoms with Gasteiger partial charge in [0.25, 0.3) is 0 Å². The Kier molecular flexibility index (Phi) is 5.49. The first-order valence-electron chi connectivity index (χ1n) is 6.40. The van der Waals surface area contributed by atoms with Crippen LogP contribution in [0.2, 0.25) is 0 Å². The largest absolute Gasteiger partial charge is 0.496 e. The lowest BCUT2D eigenvalue weighted by Gasteiger charge is -2.16. The fraction of sp³-hybridized carbons (Fsp3) is 0.600. The maximum absolute atomic E-state index is 9.29. The van der Waals surface area contributed by atoms with E-state index in [9.17, 15) is 5.11 Å². The third-order valence-electron chi connectivity index (χ3n) is 3.32. The average molecular weight is 236 g/mol. The average Bonchev–Trinajstić information content (AvgIpc) is 2.35. The minimum Gasteiger partial charge on any atom is -0.496 e. The van der Waals surface area contributed by atoms with Crippen LogP contribution in [0, 0.1) is 5.92 Å². The Balaban J connectivity index is 2.97. The fourth-order valence-electron chi connectivity index (χ4n) is 1.97. The van der Waals surface area contributed by atoms with E-state index in [1.165, 1.54) is 11.1 Å². The zero-order valence-corrected chi connectivity index (χ0v) is 11.4. The van der Waals surface area contributed by atoms with Crippen molar-refractivity contribution >= 4 is 0 Å². The maximum atomic E-state index is 9.29. The molecule has 0 spiro atoms. The quantitative estimate of drug-likeness (QED) is 0.820. The Bertz CT molecular complexity index is 341. The van der Waals surface area contributed by atoms with E-state index < -0.39 is 0 Å². The summed E-state index contributed by atoms with van der Waals surface area (Å²) in [5.74, 6) is 1.78. The Hall–Kier alpha value is -1.02. The molecule has 0 fully saturated rings. The molecule has 1 N–H and O–H groups in total. The van der Waals surface area contributed by atoms with Gasteiger partial charge in [0, 0.05) is 6.61 Å². The van der Waals surface area contributed by atoms with Crippen molar-refractivity contribution in [1.82, 2.24) is 0 Å². The standard InChI is InChI=1S/C15H24O2/c1-5-12(10-16)8-14-9-13(11(2)3)6-7-15(14)17-4/h6-7,9,11-12,16H,5,8,10H2,1-4H3. The summed E-state index contributed by atoms with van der Waals surface area (Å²) in [5, 5.41) is 9.29. The van der Waals surface area contributed by atoms with Gasteiger partial charge in [-0.1, -0.05) is 39.3 Å². The normalized spacial score (nSPS) is 12.8. The molecule has 0 saturated heterocycles. The predicted molar refractivity (Wildman–Crippen MR) is 71.7 cm³/mol. The minimum atomic E-state index is 0.242. The first kappa shape index (κ1) is 14.0. The van der Waals surface area contributed by atoms with Crippen LogP contribution in [0.3, 0.4) is 0 Å². The number of aliphatic hydroxyl groups is 1. The molecule has 1 rings (SSSR count). The van der Waals surface area contributed by atoms with Crippen LogP contribution >= 0.6 is 0 Å². The molecule has 2 heteroatoms. The third kappa shape index (κ3) is 3.74. The minimum absolute atomic E-state index is 0.242. The predicted octanol–water partition coefficient (Wildman–Crippen LogP) is 3.38. The Morgan fingerprint density at radius 3 is 2.47 bits per heavy atom. The summed E-state index contributed by atoms with van der Waals surface area (Å²) in [6, 6.07) is 6.36. The summed E-state index contributed by atoms with van der Waals surface area (Å²) in [7, 11) is 1.70. The molecule has 1 aromatic carbocycles. The van der Waals surface area contributed by atoms with Crippen LogP contribution < -0.4 is 4.74 Å². The highest BCUT2D eigenvalue weighted by Crippen LogP contribution is 2.26. The fourth-order valence-corrected chi connectivity index (χ4v) is 1.97. The summed E-state index contributed by atoms with van der Waals surface area (Å²) in [5.41, 5.74) is 2.54. The highest BCUT2D eigenvalue weighted by Gasteiger charge is 2.12. The molecule has 0 aliphatic heterocycles. The second-order valence-electron chi connectivity index (χ2n) is 4.89. The summed E-state index contributed by atoms with van der Waals surface area (Å²) < 4.78 is 5.39. The van der Waals surface area contributed by atoms with Gasteiger partial charge >= 0.3 is 0 Å². The van der Waals surface area contributed by atoms with Crippen LogP contribution in [-0.2, 0) is 6.42 Å². The van der Waals surface area contributed by atoms with Crippen molar-refractivity contribution in [3.05, 3.63) is 29.3 Å². The molecule has 0 radical (unpaired) electrons. The molecule has 1 atom stereocenters. The summed E-state index contributed by atoms with van der Waals surface area (Å²) in [6.45, 7) is 6.73. The topological polar surface area (TPSA) is 29.5 Å². The number of benzene rings is 1. The molecule has 0 heterocycles. The van der Waals surface area contributed by atoms with E-state index >= 15 is 0 Å². The molecule has 96 valence electrons. The van der Waals surface area contributed by atoms with Gasteiger partial charge in [0.05, 0.1) is 7.11 Å². The molecule has 0 bridgehead atoms. The first-order valence-corrected chi connectivity index (χ1v) is 6.40. The zero-order chi connectivity index (χ0) is 12.8. The van der Waals surface area contributed by atoms with Gasteiger partial charge in [0.2, 0.25) is 0 Å². The number of rotatable bonds is 6. The number of aliphatic hydroxyl groups excluding tert-OH is 1. The molecular formula is C15H24O2. The van der Waals surface area contributed by atoms with Crippen LogP contribution in [0.4, 0.5) is 0 Å². The third-order valence-corrected chi connectivity index (χ3v) is 3.32. The van der Waals surface area contributed by atoms with Gasteiger partial charge in [-0.05, 0) is 35.4 Å². The van der Waals surface area contributed by atoms with Gasteiger partial charge in [-0.3, -0.25) is 0 Å². The van der Waals surface area contributed by atoms with Crippen LogP contribution in [0.15, 0.2) is 18.2 Å². The van der Waals surface area contributed by atoms with Gasteiger partial charge in [-0.25, -0.2) is 0 Å². The first-order chi connectivity index (χ1) is 8.12. The number of methoxy groups -OCH3 is 1. The van der Waals surface area contributed by atoms with Gasteiger partial charge in [0.15, 0.2) is 0 Å². The van der Waals surface area contributed by atoms with Gasteiger partial charge in [-0.2, -0.15) is 0 Å². The molecule has 0 amide bonds. The van der Waals surface area contributed by atoms with E-state index in [0.29, 0.717) is 11.8 Å². The van der Waals surface area contributed by atoms with E-state index in [0.717, 1.165) is 18.6 Å². The van der Waals surface area contributed by atoms with Gasteiger partial charge in [-0.15, -0.1) is 0 Å². The Morgan fingerprint density at radius 2 is 2.00 bits per heavy atom. The van der Waals surface area contributed by atoms with Crippen molar-refractivity contribution in [1.29, 1.82) is 0 Å². The van der Waals surface area contributed by atoms with Gasteiger partial charge < -0.3 is 9.84 Å². The van der Waals surface area contributed by atoms with Crippen LogP contribution in [0.1, 0.15) is 44.2 Å². The maximum Gasteiger partial charge on any atom is 0.122 e. The summed E-state index contributed by atoms with van der Waals surface area (Å²) >= 11 is 0. The van der Waals surface area contributed by atoms with Crippen molar-refractivity contribution in [3.63, 3.8) is 0 Å². The van der Waals surface area contributed by atoms with Crippen molar-refractivity contribution in [2.45, 2.75) is 39.5 Å². The lowest BCUT2D eigenvalue weighted by molar-refractivity contribution is 0.221. The van der Waals surface area contributed by atoms with Crippen LogP contribution in [0.25, 0.3) is 0 Å². The highest BCUT2D eigenvalue weighted by molar-refractivity contribution is 5.38. The molecule has 0 saturated carbocycles. The molecule has 0 aromatic heterocycles. The van der Waals surface area contributed by atoms with E-state index in [4.69, 9.17) is 4.74 Å². The lowest BCUT2D eigenvalue weighted by Crippen LogP contribution is -2.09. The van der Waals surface area contributed by atoms with E-state index in [-0.39, 0.29) is 6.61 Å². The van der Waals surface area contributed by atoms with Crippen molar-refractivity contribution in [2.24, 2.45) is 5.92 Å². The van der Waals surface area contributed by atoms with E-state index in [2.05, 4.69) is 32.9 Å². The molecule has 0 aliphatic carbocycles. The SMILES string of the molecule is CCC(CO)Cc1cc(C(C)C)ccc1OC. The summed E-state index contributed by atoms with van der Waals surface area (Å²) in [6.07, 6.45) is 1.88.